The van der Waals surface area contributed by atoms with Gasteiger partial charge in [0.05, 0.1) is 0 Å². The van der Waals surface area contributed by atoms with Crippen molar-refractivity contribution in [1.29, 1.82) is 0 Å². The fraction of sp³-hybridized carbons (Fsp3) is 0.222. The molecular formula is C9H10ClNO2. The lowest BCUT2D eigenvalue weighted by atomic mass is 10.3. The number of anilines is 1. The van der Waals surface area contributed by atoms with Gasteiger partial charge in [0, 0.05) is 17.5 Å². The van der Waals surface area contributed by atoms with Gasteiger partial charge in [0.1, 0.15) is 12.4 Å². The molecule has 1 N–H and O–H groups in total. The molecule has 0 aromatic heterocycles. The summed E-state index contributed by atoms with van der Waals surface area (Å²) in [6.45, 7) is 1.59. The zero-order valence-electron chi connectivity index (χ0n) is 7.21. The molecule has 1 aromatic rings. The van der Waals surface area contributed by atoms with Crippen LogP contribution in [0.1, 0.15) is 6.92 Å². The molecular weight excluding hydrogens is 190 g/mol. The summed E-state index contributed by atoms with van der Waals surface area (Å²) in [6.07, 6.45) is 0. The van der Waals surface area contributed by atoms with Crippen molar-refractivity contribution in [3.63, 3.8) is 0 Å². The van der Waals surface area contributed by atoms with Crippen LogP contribution in [-0.2, 0) is 4.79 Å². The van der Waals surface area contributed by atoms with Gasteiger partial charge in [0.15, 0.2) is 5.78 Å². The van der Waals surface area contributed by atoms with Crippen molar-refractivity contribution < 1.29 is 9.53 Å². The maximum absolute atomic E-state index is 10.6. The molecule has 3 nitrogen and oxygen atoms in total. The van der Waals surface area contributed by atoms with Crippen molar-refractivity contribution >= 4 is 23.2 Å². The number of rotatable bonds is 4. The maximum Gasteiger partial charge on any atom is 0.167 e. The molecule has 0 fully saturated rings. The predicted molar refractivity (Wildman–Crippen MR) is 52.1 cm³/mol. The molecule has 1 aromatic carbocycles. The summed E-state index contributed by atoms with van der Waals surface area (Å²) in [5.74, 6) is 0.658. The molecule has 70 valence electrons. The minimum atomic E-state index is -0.000421. The fourth-order valence-corrected chi connectivity index (χ4v) is 0.925. The highest BCUT2D eigenvalue weighted by Gasteiger charge is 1.96. The van der Waals surface area contributed by atoms with E-state index in [1.165, 1.54) is 6.92 Å². The van der Waals surface area contributed by atoms with E-state index in [0.717, 1.165) is 5.69 Å². The zero-order chi connectivity index (χ0) is 9.68. The highest BCUT2D eigenvalue weighted by Crippen LogP contribution is 2.15. The van der Waals surface area contributed by atoms with Gasteiger partial charge in [0.25, 0.3) is 0 Å². The maximum atomic E-state index is 10.6. The van der Waals surface area contributed by atoms with Gasteiger partial charge in [-0.3, -0.25) is 9.63 Å². The number of hydrogen-bond acceptors (Lipinski definition) is 3. The van der Waals surface area contributed by atoms with E-state index in [0.29, 0.717) is 5.75 Å². The first-order valence-corrected chi connectivity index (χ1v) is 4.19. The van der Waals surface area contributed by atoms with Crippen LogP contribution in [0, 0.1) is 0 Å². The molecule has 0 aliphatic rings. The number of ether oxygens (including phenoxy) is 1. The van der Waals surface area contributed by atoms with Crippen LogP contribution in [0.15, 0.2) is 24.3 Å². The monoisotopic (exact) mass is 199 g/mol. The Bertz CT molecular complexity index is 284. The smallest absolute Gasteiger partial charge is 0.167 e. The second-order valence-electron chi connectivity index (χ2n) is 2.61. The molecule has 0 heterocycles. The third-order valence-electron chi connectivity index (χ3n) is 1.41. The third kappa shape index (κ3) is 3.34. The number of nitrogens with one attached hydrogen (secondary N) is 1. The van der Waals surface area contributed by atoms with Crippen molar-refractivity contribution in [2.75, 3.05) is 11.4 Å². The summed E-state index contributed by atoms with van der Waals surface area (Å²) in [4.78, 5) is 13.1. The Labute approximate surface area is 81.8 Å². The Morgan fingerprint density at radius 1 is 1.46 bits per heavy atom. The number of hydrogen-bond donors (Lipinski definition) is 1. The number of benzene rings is 1. The number of carbonyl (C=O) groups is 1. The van der Waals surface area contributed by atoms with E-state index in [4.69, 9.17) is 16.5 Å². The van der Waals surface area contributed by atoms with E-state index in [9.17, 15) is 4.79 Å². The molecule has 0 atom stereocenters. The van der Waals surface area contributed by atoms with Gasteiger partial charge in [-0.25, -0.2) is 0 Å². The lowest BCUT2D eigenvalue weighted by Gasteiger charge is -2.03. The highest BCUT2D eigenvalue weighted by atomic mass is 35.5. The van der Waals surface area contributed by atoms with Gasteiger partial charge >= 0.3 is 0 Å². The van der Waals surface area contributed by atoms with Gasteiger partial charge in [-0.1, -0.05) is 0 Å². The Hall–Kier alpha value is -1.22. The summed E-state index contributed by atoms with van der Waals surface area (Å²) in [6, 6.07) is 7.02. The van der Waals surface area contributed by atoms with Crippen LogP contribution in [0.5, 0.6) is 5.75 Å². The lowest BCUT2D eigenvalue weighted by molar-refractivity contribution is -0.118. The van der Waals surface area contributed by atoms with Gasteiger partial charge in [-0.2, -0.15) is 0 Å². The number of Topliss-reactive ketones (excluding diaryl/α,β-unsaturated/α-hetero) is 1. The molecule has 0 amide bonds. The molecule has 0 radical (unpaired) electrons. The SMILES string of the molecule is CC(=O)COc1ccc(NCl)cc1. The van der Waals surface area contributed by atoms with Crippen molar-refractivity contribution in [2.24, 2.45) is 0 Å². The fourth-order valence-electron chi connectivity index (χ4n) is 0.799. The van der Waals surface area contributed by atoms with Crippen molar-refractivity contribution in [3.8, 4) is 5.75 Å². The van der Waals surface area contributed by atoms with Crippen LogP contribution < -0.4 is 9.57 Å². The van der Waals surface area contributed by atoms with Crippen molar-refractivity contribution in [2.45, 2.75) is 6.92 Å². The molecule has 0 saturated carbocycles. The number of halogens is 1. The molecule has 4 heteroatoms. The van der Waals surface area contributed by atoms with E-state index in [1.807, 2.05) is 0 Å². The Morgan fingerprint density at radius 3 is 2.54 bits per heavy atom. The molecule has 0 spiro atoms. The normalized spacial score (nSPS) is 9.38. The first kappa shape index (κ1) is 9.86. The van der Waals surface area contributed by atoms with E-state index in [2.05, 4.69) is 4.84 Å². The first-order valence-electron chi connectivity index (χ1n) is 3.81. The van der Waals surface area contributed by atoms with Crippen LogP contribution >= 0.6 is 11.8 Å². The second-order valence-corrected chi connectivity index (χ2v) is 2.80. The highest BCUT2D eigenvalue weighted by molar-refractivity contribution is 6.23. The van der Waals surface area contributed by atoms with Gasteiger partial charge in [-0.15, -0.1) is 0 Å². The summed E-state index contributed by atoms with van der Waals surface area (Å²) in [5.41, 5.74) is 0.789. The van der Waals surface area contributed by atoms with Gasteiger partial charge in [0.2, 0.25) is 0 Å². The van der Waals surface area contributed by atoms with Crippen LogP contribution in [-0.4, -0.2) is 12.4 Å². The third-order valence-corrected chi connectivity index (χ3v) is 1.62. The predicted octanol–water partition coefficient (Wildman–Crippen LogP) is 2.22. The second kappa shape index (κ2) is 4.72. The van der Waals surface area contributed by atoms with Gasteiger partial charge in [-0.05, 0) is 31.2 Å². The molecule has 13 heavy (non-hydrogen) atoms. The molecule has 0 saturated heterocycles. The molecule has 0 aliphatic carbocycles. The van der Waals surface area contributed by atoms with E-state index in [-0.39, 0.29) is 12.4 Å². The summed E-state index contributed by atoms with van der Waals surface area (Å²) in [5, 5.41) is 0. The van der Waals surface area contributed by atoms with E-state index in [1.54, 1.807) is 24.3 Å². The standard InChI is InChI=1S/C9H10ClNO2/c1-7(12)6-13-9-4-2-8(11-10)3-5-9/h2-5,11H,6H2,1H3. The quantitative estimate of drug-likeness (QED) is 0.756. The van der Waals surface area contributed by atoms with E-state index >= 15 is 0 Å². The zero-order valence-corrected chi connectivity index (χ0v) is 7.97. The average molecular weight is 200 g/mol. The van der Waals surface area contributed by atoms with Crippen molar-refractivity contribution in [1.82, 2.24) is 0 Å². The van der Waals surface area contributed by atoms with Crippen LogP contribution in [0.25, 0.3) is 0 Å². The van der Waals surface area contributed by atoms with Crippen molar-refractivity contribution in [3.05, 3.63) is 24.3 Å². The molecule has 0 bridgehead atoms. The van der Waals surface area contributed by atoms with Gasteiger partial charge < -0.3 is 4.74 Å². The topological polar surface area (TPSA) is 38.3 Å². The Kier molecular flexibility index (Phi) is 3.58. The molecule has 1 rings (SSSR count). The van der Waals surface area contributed by atoms with Crippen LogP contribution in [0.4, 0.5) is 5.69 Å². The summed E-state index contributed by atoms with van der Waals surface area (Å²) in [7, 11) is 0. The molecule has 0 aliphatic heterocycles. The largest absolute Gasteiger partial charge is 0.486 e. The molecule has 0 unspecified atom stereocenters. The number of carbonyl (C=O) groups excluding carboxylic acids is 1. The lowest BCUT2D eigenvalue weighted by Crippen LogP contribution is -2.06. The van der Waals surface area contributed by atoms with Crippen LogP contribution in [0.3, 0.4) is 0 Å². The van der Waals surface area contributed by atoms with E-state index < -0.39 is 0 Å². The summed E-state index contributed by atoms with van der Waals surface area (Å²) < 4.78 is 5.15. The van der Waals surface area contributed by atoms with Crippen LogP contribution in [0.2, 0.25) is 0 Å². The Balaban J connectivity index is 2.54. The first-order chi connectivity index (χ1) is 6.22. The minimum Gasteiger partial charge on any atom is -0.486 e. The summed E-state index contributed by atoms with van der Waals surface area (Å²) >= 11 is 5.36. The number of ketones is 1. The Morgan fingerprint density at radius 2 is 2.08 bits per heavy atom. The minimum absolute atomic E-state index is 0.000421. The average Bonchev–Trinajstić information content (AvgIpc) is 2.15.